The zero-order valence-corrected chi connectivity index (χ0v) is 7.45. The number of hydrogen-bond acceptors (Lipinski definition) is 6. The number of aliphatic carboxylic acids is 2. The maximum absolute atomic E-state index is 9.13. The van der Waals surface area contributed by atoms with Crippen LogP contribution in [0.15, 0.2) is 0 Å². The van der Waals surface area contributed by atoms with E-state index < -0.39 is 11.9 Å². The van der Waals surface area contributed by atoms with Crippen LogP contribution < -0.4 is 27.8 Å². The van der Waals surface area contributed by atoms with Gasteiger partial charge in [-0.05, 0) is 0 Å². The van der Waals surface area contributed by atoms with Gasteiger partial charge in [0, 0.05) is 13.1 Å². The molecule has 0 aliphatic rings. The molecule has 8 heteroatoms. The third kappa shape index (κ3) is 58.2. The van der Waals surface area contributed by atoms with Crippen LogP contribution in [0, 0.1) is 0 Å². The summed E-state index contributed by atoms with van der Waals surface area (Å²) in [5.74, 6) is -2.44. The Labute approximate surface area is 80.2 Å². The molecule has 7 nitrogen and oxygen atoms in total. The quantitative estimate of drug-likeness (QED) is 0.405. The van der Waals surface area contributed by atoms with E-state index >= 15 is 0 Å². The molecule has 0 atom stereocenters. The molecule has 0 aromatic carbocycles. The summed E-state index contributed by atoms with van der Waals surface area (Å²) < 4.78 is 0. The first-order valence-corrected chi connectivity index (χ1v) is 2.34. The average Bonchev–Trinajstić information content (AvgIpc) is 1.89. The monoisotopic (exact) mass is 229 g/mol. The van der Waals surface area contributed by atoms with E-state index in [9.17, 15) is 0 Å². The number of carbonyl (C=O) groups is 2. The number of carboxylic acid groups (broad SMARTS) is 2. The fraction of sp³-hybridized carbons (Fsp3) is 0.500. The van der Waals surface area contributed by atoms with Gasteiger partial charge in [-0.1, -0.05) is 0 Å². The molecule has 0 saturated carbocycles. The Morgan fingerprint density at radius 2 is 1.08 bits per heavy atom. The maximum atomic E-state index is 9.13. The second-order valence-corrected chi connectivity index (χ2v) is 1.15. The molecule has 12 heavy (non-hydrogen) atoms. The normalized spacial score (nSPS) is 6.17. The van der Waals surface area contributed by atoms with E-state index in [4.69, 9.17) is 19.8 Å². The first-order chi connectivity index (χ1) is 4.54. The Balaban J connectivity index is -0.0000000457. The number of carboxylic acids is 2. The number of hydrogen-bond donors (Lipinski definition) is 3. The zero-order chi connectivity index (χ0) is 8.57. The molecule has 78 valence electrons. The van der Waals surface area contributed by atoms with Gasteiger partial charge in [-0.15, -0.1) is 0 Å². The summed E-state index contributed by atoms with van der Waals surface area (Å²) in [6.45, 7) is -0.778. The van der Waals surface area contributed by atoms with E-state index in [-0.39, 0.29) is 36.3 Å². The Bertz CT molecular complexity index is 107. The minimum atomic E-state index is -1.22. The van der Waals surface area contributed by atoms with Gasteiger partial charge in [0.1, 0.15) is 0 Å². The van der Waals surface area contributed by atoms with Crippen molar-refractivity contribution in [1.29, 1.82) is 0 Å². The van der Waals surface area contributed by atoms with Crippen molar-refractivity contribution in [3.63, 3.8) is 0 Å². The number of nitrogens with two attached hydrogens (primary N) is 2. The average molecular weight is 230 g/mol. The molecule has 0 aliphatic heterocycles. The standard InChI is InChI=1S/2C2H5NO2.Cu.H3N/c2*3-1-2(4)5;;/h2*1,3H2,(H,4,5);;1H3/q;;+1;/p-1. The van der Waals surface area contributed by atoms with Crippen molar-refractivity contribution in [2.45, 2.75) is 0 Å². The van der Waals surface area contributed by atoms with Crippen LogP contribution in [0.3, 0.4) is 0 Å². The van der Waals surface area contributed by atoms with Crippen LogP contribution in [0.5, 0.6) is 0 Å². The number of quaternary nitrogens is 1. The van der Waals surface area contributed by atoms with Crippen molar-refractivity contribution in [2.75, 3.05) is 13.1 Å². The number of carbonyl (C=O) groups excluding carboxylic acids is 2. The van der Waals surface area contributed by atoms with Gasteiger partial charge in [-0.2, -0.15) is 0 Å². The van der Waals surface area contributed by atoms with Crippen LogP contribution in [-0.4, -0.2) is 25.0 Å². The summed E-state index contributed by atoms with van der Waals surface area (Å²) in [7, 11) is 0. The molecule has 0 spiro atoms. The molecule has 0 amide bonds. The number of rotatable bonds is 2. The van der Waals surface area contributed by atoms with Gasteiger partial charge in [-0.3, -0.25) is 0 Å². The van der Waals surface area contributed by atoms with Crippen molar-refractivity contribution in [1.82, 2.24) is 6.15 Å². The second kappa shape index (κ2) is 16.7. The molecule has 0 radical (unpaired) electrons. The molecular formula is C4H12CuN3O4. The molecule has 0 aliphatic carbocycles. The first kappa shape index (κ1) is 22.5. The molecular weight excluding hydrogens is 218 g/mol. The summed E-state index contributed by atoms with van der Waals surface area (Å²) in [5.41, 5.74) is 9.02. The molecule has 0 unspecified atom stereocenters. The Kier molecular flexibility index (Phi) is 31.4. The van der Waals surface area contributed by atoms with Gasteiger partial charge < -0.3 is 37.4 Å². The summed E-state index contributed by atoms with van der Waals surface area (Å²) in [6, 6.07) is 0. The van der Waals surface area contributed by atoms with Crippen molar-refractivity contribution in [2.24, 2.45) is 11.5 Å². The van der Waals surface area contributed by atoms with Crippen LogP contribution in [0.2, 0.25) is 0 Å². The summed E-state index contributed by atoms with van der Waals surface area (Å²) in [6.07, 6.45) is 0. The van der Waals surface area contributed by atoms with E-state index in [1.54, 1.807) is 0 Å². The largest absolute Gasteiger partial charge is 1.00 e. The molecule has 0 saturated heterocycles. The van der Waals surface area contributed by atoms with Gasteiger partial charge >= 0.3 is 17.1 Å². The van der Waals surface area contributed by atoms with Gasteiger partial charge in [0.15, 0.2) is 0 Å². The van der Waals surface area contributed by atoms with E-state index in [1.165, 1.54) is 0 Å². The van der Waals surface area contributed by atoms with Crippen LogP contribution in [0.4, 0.5) is 0 Å². The van der Waals surface area contributed by atoms with E-state index in [1.807, 2.05) is 0 Å². The Hall–Kier alpha value is -0.661. The van der Waals surface area contributed by atoms with Gasteiger partial charge in [-0.25, -0.2) is 0 Å². The third-order valence-electron chi connectivity index (χ3n) is 0.333. The molecule has 0 fully saturated rings. The van der Waals surface area contributed by atoms with Crippen LogP contribution in [0.25, 0.3) is 0 Å². The molecule has 0 aromatic rings. The molecule has 0 bridgehead atoms. The van der Waals surface area contributed by atoms with Crippen LogP contribution in [0.1, 0.15) is 0 Å². The summed E-state index contributed by atoms with van der Waals surface area (Å²) >= 11 is 0. The van der Waals surface area contributed by atoms with E-state index in [0.717, 1.165) is 0 Å². The zero-order valence-electron chi connectivity index (χ0n) is 6.50. The molecule has 8 N–H and O–H groups in total. The Morgan fingerprint density at radius 1 is 1.00 bits per heavy atom. The SMILES string of the molecule is NCC(=O)[O-].NCC(=O)[O-].[Cu+].[NH4+]. The fourth-order valence-corrected chi connectivity index (χ4v) is 0. The predicted octanol–water partition coefficient (Wildman–Crippen LogP) is -4.24. The molecule has 0 rings (SSSR count). The minimum absolute atomic E-state index is 0. The fourth-order valence-electron chi connectivity index (χ4n) is 0. The van der Waals surface area contributed by atoms with Crippen LogP contribution >= 0.6 is 0 Å². The van der Waals surface area contributed by atoms with Gasteiger partial charge in [0.05, 0.1) is 11.9 Å². The topological polar surface area (TPSA) is 169 Å². The van der Waals surface area contributed by atoms with Crippen molar-refractivity contribution < 1.29 is 36.9 Å². The maximum Gasteiger partial charge on any atom is 1.00 e. The smallest absolute Gasteiger partial charge is 0.549 e. The molecule has 0 aromatic heterocycles. The van der Waals surface area contributed by atoms with Gasteiger partial charge in [0.2, 0.25) is 0 Å². The Morgan fingerprint density at radius 3 is 1.08 bits per heavy atom. The van der Waals surface area contributed by atoms with Crippen molar-refractivity contribution >= 4 is 11.9 Å². The van der Waals surface area contributed by atoms with E-state index in [0.29, 0.717) is 0 Å². The van der Waals surface area contributed by atoms with E-state index in [2.05, 4.69) is 11.5 Å². The third-order valence-corrected chi connectivity index (χ3v) is 0.333. The molecule has 0 heterocycles. The minimum Gasteiger partial charge on any atom is -0.549 e. The summed E-state index contributed by atoms with van der Waals surface area (Å²) in [4.78, 5) is 18.3. The van der Waals surface area contributed by atoms with Gasteiger partial charge in [0.25, 0.3) is 0 Å². The van der Waals surface area contributed by atoms with Crippen LogP contribution in [-0.2, 0) is 26.7 Å². The second-order valence-electron chi connectivity index (χ2n) is 1.15. The first-order valence-electron chi connectivity index (χ1n) is 2.34. The van der Waals surface area contributed by atoms with Crippen molar-refractivity contribution in [3.05, 3.63) is 0 Å². The summed E-state index contributed by atoms with van der Waals surface area (Å²) in [5, 5.41) is 18.3. The van der Waals surface area contributed by atoms with Crippen molar-refractivity contribution in [3.8, 4) is 0 Å². The predicted molar refractivity (Wildman–Crippen MR) is 34.1 cm³/mol.